The second kappa shape index (κ2) is 6.16. The summed E-state index contributed by atoms with van der Waals surface area (Å²) >= 11 is 3.50. The fourth-order valence-electron chi connectivity index (χ4n) is 1.78. The third-order valence-electron chi connectivity index (χ3n) is 2.59. The van der Waals surface area contributed by atoms with E-state index in [-0.39, 0.29) is 0 Å². The summed E-state index contributed by atoms with van der Waals surface area (Å²) in [5.41, 5.74) is 0. The van der Waals surface area contributed by atoms with Crippen molar-refractivity contribution < 1.29 is 9.47 Å². The molecule has 0 aromatic carbocycles. The Morgan fingerprint density at radius 3 is 3.24 bits per heavy atom. The summed E-state index contributed by atoms with van der Waals surface area (Å²) in [6.07, 6.45) is 3.40. The second-order valence-corrected chi connectivity index (χ2v) is 4.37. The summed E-state index contributed by atoms with van der Waals surface area (Å²) in [4.78, 5) is 10.8. The Balaban J connectivity index is 2.16. The van der Waals surface area contributed by atoms with Gasteiger partial charge in [-0.3, -0.25) is 4.98 Å². The quantitative estimate of drug-likeness (QED) is 0.788. The van der Waals surface area contributed by atoms with Crippen LogP contribution in [0.3, 0.4) is 0 Å². The van der Waals surface area contributed by atoms with E-state index >= 15 is 0 Å². The van der Waals surface area contributed by atoms with Crippen LogP contribution in [0.5, 0.6) is 5.88 Å². The predicted octanol–water partition coefficient (Wildman–Crippen LogP) is 1.48. The van der Waals surface area contributed by atoms with Gasteiger partial charge in [0.2, 0.25) is 5.88 Å². The molecule has 17 heavy (non-hydrogen) atoms. The molecule has 6 heteroatoms. The number of aromatic nitrogens is 2. The van der Waals surface area contributed by atoms with Crippen molar-refractivity contribution >= 4 is 21.7 Å². The lowest BCUT2D eigenvalue weighted by atomic mass is 10.2. The highest BCUT2D eigenvalue weighted by Gasteiger charge is 2.23. The fourth-order valence-corrected chi connectivity index (χ4v) is 2.31. The van der Waals surface area contributed by atoms with Gasteiger partial charge < -0.3 is 14.4 Å². The van der Waals surface area contributed by atoms with Gasteiger partial charge in [-0.25, -0.2) is 0 Å². The number of halogens is 1. The van der Waals surface area contributed by atoms with Crippen molar-refractivity contribution in [3.63, 3.8) is 0 Å². The largest absolute Gasteiger partial charge is 0.477 e. The lowest BCUT2D eigenvalue weighted by Crippen LogP contribution is -2.47. The molecule has 1 aliphatic rings. The van der Waals surface area contributed by atoms with Crippen LogP contribution in [0, 0.1) is 0 Å². The summed E-state index contributed by atoms with van der Waals surface area (Å²) in [6, 6.07) is 0.301. The van der Waals surface area contributed by atoms with E-state index in [4.69, 9.17) is 9.47 Å². The van der Waals surface area contributed by atoms with E-state index < -0.39 is 0 Å². The van der Waals surface area contributed by atoms with Gasteiger partial charge >= 0.3 is 0 Å². The fraction of sp³-hybridized carbons (Fsp3) is 0.636. The molecule has 0 N–H and O–H groups in total. The maximum atomic E-state index is 5.45. The average molecular weight is 302 g/mol. The van der Waals surface area contributed by atoms with Crippen LogP contribution in [0.4, 0.5) is 5.82 Å². The Labute approximate surface area is 109 Å². The molecule has 94 valence electrons. The van der Waals surface area contributed by atoms with Crippen molar-refractivity contribution in [2.45, 2.75) is 13.0 Å². The van der Waals surface area contributed by atoms with Crippen molar-refractivity contribution in [1.29, 1.82) is 0 Å². The zero-order valence-electron chi connectivity index (χ0n) is 9.80. The van der Waals surface area contributed by atoms with E-state index in [0.717, 1.165) is 24.3 Å². The maximum absolute atomic E-state index is 5.45. The minimum absolute atomic E-state index is 0.301. The smallest absolute Gasteiger partial charge is 0.234 e. The van der Waals surface area contributed by atoms with Crippen molar-refractivity contribution in [3.8, 4) is 5.88 Å². The molecule has 1 aliphatic heterocycles. The predicted molar refractivity (Wildman–Crippen MR) is 68.9 cm³/mol. The van der Waals surface area contributed by atoms with E-state index in [2.05, 4.69) is 30.8 Å². The van der Waals surface area contributed by atoms with E-state index in [1.54, 1.807) is 12.4 Å². The highest BCUT2D eigenvalue weighted by atomic mass is 79.9. The highest BCUT2D eigenvalue weighted by Crippen LogP contribution is 2.19. The number of anilines is 1. The zero-order chi connectivity index (χ0) is 12.1. The van der Waals surface area contributed by atoms with Gasteiger partial charge in [0, 0.05) is 11.9 Å². The Hall–Kier alpha value is -0.880. The first-order valence-corrected chi connectivity index (χ1v) is 6.82. The summed E-state index contributed by atoms with van der Waals surface area (Å²) in [6.45, 7) is 4.81. The number of rotatable bonds is 4. The molecule has 0 bridgehead atoms. The number of hydrogen-bond acceptors (Lipinski definition) is 5. The first-order chi connectivity index (χ1) is 8.35. The van der Waals surface area contributed by atoms with Gasteiger partial charge in [-0.2, -0.15) is 4.98 Å². The van der Waals surface area contributed by atoms with E-state index in [9.17, 15) is 0 Å². The van der Waals surface area contributed by atoms with Crippen molar-refractivity contribution in [2.75, 3.05) is 36.6 Å². The Morgan fingerprint density at radius 2 is 2.47 bits per heavy atom. The minimum Gasteiger partial charge on any atom is -0.477 e. The molecule has 1 aromatic rings. The van der Waals surface area contributed by atoms with Crippen LogP contribution >= 0.6 is 15.9 Å². The zero-order valence-corrected chi connectivity index (χ0v) is 11.4. The Kier molecular flexibility index (Phi) is 4.56. The molecule has 2 rings (SSSR count). The molecule has 1 unspecified atom stereocenters. The molecule has 0 aliphatic carbocycles. The van der Waals surface area contributed by atoms with Crippen LogP contribution in [-0.2, 0) is 4.74 Å². The molecule has 0 radical (unpaired) electrons. The van der Waals surface area contributed by atoms with Gasteiger partial charge in [0.25, 0.3) is 0 Å². The normalized spacial score (nSPS) is 20.4. The molecule has 0 spiro atoms. The number of ether oxygens (including phenoxy) is 2. The molecule has 1 fully saturated rings. The van der Waals surface area contributed by atoms with Crippen LogP contribution in [0.25, 0.3) is 0 Å². The molecule has 0 amide bonds. The molecule has 1 aromatic heterocycles. The molecule has 0 saturated carbocycles. The van der Waals surface area contributed by atoms with Crippen LogP contribution in [0.2, 0.25) is 0 Å². The molecule has 1 saturated heterocycles. The van der Waals surface area contributed by atoms with Gasteiger partial charge in [-0.1, -0.05) is 15.9 Å². The first-order valence-electron chi connectivity index (χ1n) is 5.70. The van der Waals surface area contributed by atoms with Crippen molar-refractivity contribution in [2.24, 2.45) is 0 Å². The molecular weight excluding hydrogens is 286 g/mol. The molecule has 2 heterocycles. The van der Waals surface area contributed by atoms with Gasteiger partial charge in [0.1, 0.15) is 0 Å². The van der Waals surface area contributed by atoms with Gasteiger partial charge in [0.05, 0.1) is 38.3 Å². The number of alkyl halides is 1. The number of nitrogens with zero attached hydrogens (tertiary/aromatic N) is 3. The summed E-state index contributed by atoms with van der Waals surface area (Å²) in [5, 5.41) is 0.855. The van der Waals surface area contributed by atoms with Crippen molar-refractivity contribution in [3.05, 3.63) is 12.4 Å². The summed E-state index contributed by atoms with van der Waals surface area (Å²) in [5.74, 6) is 1.42. The van der Waals surface area contributed by atoms with Crippen LogP contribution in [0.1, 0.15) is 6.92 Å². The topological polar surface area (TPSA) is 47.5 Å². The van der Waals surface area contributed by atoms with Crippen LogP contribution < -0.4 is 9.64 Å². The van der Waals surface area contributed by atoms with E-state index in [1.807, 2.05) is 6.92 Å². The average Bonchev–Trinajstić information content (AvgIpc) is 2.39. The SMILES string of the molecule is CCOc1cncc(N2CCOCC2CBr)n1. The minimum atomic E-state index is 0.301. The van der Waals surface area contributed by atoms with Gasteiger partial charge in [-0.05, 0) is 6.92 Å². The Bertz CT molecular complexity index is 364. The van der Waals surface area contributed by atoms with Crippen LogP contribution in [-0.4, -0.2) is 47.7 Å². The lowest BCUT2D eigenvalue weighted by molar-refractivity contribution is 0.0999. The number of hydrogen-bond donors (Lipinski definition) is 0. The monoisotopic (exact) mass is 301 g/mol. The first kappa shape index (κ1) is 12.6. The lowest BCUT2D eigenvalue weighted by Gasteiger charge is -2.35. The third kappa shape index (κ3) is 3.07. The second-order valence-electron chi connectivity index (χ2n) is 3.72. The summed E-state index contributed by atoms with van der Waals surface area (Å²) in [7, 11) is 0. The molecular formula is C11H16BrN3O2. The number of morpholine rings is 1. The molecule has 5 nitrogen and oxygen atoms in total. The van der Waals surface area contributed by atoms with Gasteiger partial charge in [-0.15, -0.1) is 0 Å². The van der Waals surface area contributed by atoms with E-state index in [0.29, 0.717) is 25.1 Å². The maximum Gasteiger partial charge on any atom is 0.234 e. The molecule has 1 atom stereocenters. The van der Waals surface area contributed by atoms with Crippen molar-refractivity contribution in [1.82, 2.24) is 9.97 Å². The Morgan fingerprint density at radius 1 is 1.59 bits per heavy atom. The van der Waals surface area contributed by atoms with Crippen LogP contribution in [0.15, 0.2) is 12.4 Å². The van der Waals surface area contributed by atoms with Gasteiger partial charge in [0.15, 0.2) is 5.82 Å². The highest BCUT2D eigenvalue weighted by molar-refractivity contribution is 9.09. The standard InChI is InChI=1S/C11H16BrN3O2/c1-2-17-11-7-13-6-10(14-11)15-3-4-16-8-9(15)5-12/h6-7,9H,2-5,8H2,1H3. The third-order valence-corrected chi connectivity index (χ3v) is 3.34. The van der Waals surface area contributed by atoms with E-state index in [1.165, 1.54) is 0 Å². The summed E-state index contributed by atoms with van der Waals surface area (Å²) < 4.78 is 10.8.